The second-order valence-electron chi connectivity index (χ2n) is 4.37. The number of nitrogens with one attached hydrogen (secondary N) is 1. The van der Waals surface area contributed by atoms with E-state index < -0.39 is 5.41 Å². The highest BCUT2D eigenvalue weighted by atomic mass is 16.3. The maximum Gasteiger partial charge on any atom is 0.0518 e. The summed E-state index contributed by atoms with van der Waals surface area (Å²) in [6.07, 6.45) is 2.63. The average molecular weight is 224 g/mol. The van der Waals surface area contributed by atoms with Gasteiger partial charge in [-0.25, -0.2) is 0 Å². The van der Waals surface area contributed by atoms with Crippen LogP contribution in [-0.4, -0.2) is 41.5 Å². The first kappa shape index (κ1) is 13.1. The van der Waals surface area contributed by atoms with E-state index in [2.05, 4.69) is 10.3 Å². The molecule has 1 rings (SSSR count). The quantitative estimate of drug-likeness (QED) is 0.579. The van der Waals surface area contributed by atoms with Crippen molar-refractivity contribution in [1.29, 1.82) is 0 Å². The summed E-state index contributed by atoms with van der Waals surface area (Å²) < 4.78 is 0. The largest absolute Gasteiger partial charge is 0.396 e. The summed E-state index contributed by atoms with van der Waals surface area (Å²) in [5.41, 5.74) is 0.606. The van der Waals surface area contributed by atoms with Gasteiger partial charge in [0.1, 0.15) is 0 Å². The fraction of sp³-hybridized carbons (Fsp3) is 0.583. The maximum atomic E-state index is 9.09. The second-order valence-corrected chi connectivity index (χ2v) is 4.37. The van der Waals surface area contributed by atoms with Crippen LogP contribution in [-0.2, 0) is 6.42 Å². The number of rotatable bonds is 7. The number of pyridine rings is 1. The number of aromatic nitrogens is 1. The van der Waals surface area contributed by atoms with Crippen molar-refractivity contribution in [2.24, 2.45) is 5.41 Å². The fourth-order valence-electron chi connectivity index (χ4n) is 1.31. The molecule has 0 saturated heterocycles. The van der Waals surface area contributed by atoms with Crippen LogP contribution in [0.1, 0.15) is 12.6 Å². The van der Waals surface area contributed by atoms with Gasteiger partial charge in [0.2, 0.25) is 0 Å². The predicted octanol–water partition coefficient (Wildman–Crippen LogP) is 0.205. The van der Waals surface area contributed by atoms with E-state index >= 15 is 0 Å². The first-order valence-corrected chi connectivity index (χ1v) is 5.52. The van der Waals surface area contributed by atoms with E-state index in [4.69, 9.17) is 10.2 Å². The Kier molecular flexibility index (Phi) is 5.38. The van der Waals surface area contributed by atoms with Crippen LogP contribution >= 0.6 is 0 Å². The third-order valence-corrected chi connectivity index (χ3v) is 2.60. The lowest BCUT2D eigenvalue weighted by atomic mass is 9.93. The Balaban J connectivity index is 2.22. The monoisotopic (exact) mass is 224 g/mol. The van der Waals surface area contributed by atoms with Gasteiger partial charge in [0.15, 0.2) is 0 Å². The van der Waals surface area contributed by atoms with E-state index in [-0.39, 0.29) is 13.2 Å². The number of aliphatic hydroxyl groups excluding tert-OH is 2. The van der Waals surface area contributed by atoms with E-state index in [1.165, 1.54) is 0 Å². The van der Waals surface area contributed by atoms with Crippen LogP contribution in [0.3, 0.4) is 0 Å². The molecule has 1 aromatic heterocycles. The molecule has 0 aliphatic carbocycles. The van der Waals surface area contributed by atoms with Crippen LogP contribution < -0.4 is 5.32 Å². The standard InChI is InChI=1S/C12H20N2O2/c1-12(9-15,10-16)8-13-7-5-11-4-2-3-6-14-11/h2-4,6,13,15-16H,5,7-10H2,1H3. The van der Waals surface area contributed by atoms with Crippen LogP contribution in [0.4, 0.5) is 0 Å². The summed E-state index contributed by atoms with van der Waals surface area (Å²) in [4.78, 5) is 4.21. The van der Waals surface area contributed by atoms with Crippen LogP contribution in [0, 0.1) is 5.41 Å². The molecule has 0 bridgehead atoms. The summed E-state index contributed by atoms with van der Waals surface area (Å²) in [5.74, 6) is 0. The smallest absolute Gasteiger partial charge is 0.0518 e. The molecule has 0 atom stereocenters. The minimum atomic E-state index is -0.440. The van der Waals surface area contributed by atoms with Crippen molar-refractivity contribution in [2.75, 3.05) is 26.3 Å². The van der Waals surface area contributed by atoms with Gasteiger partial charge in [-0.1, -0.05) is 13.0 Å². The van der Waals surface area contributed by atoms with Crippen LogP contribution in [0.25, 0.3) is 0 Å². The molecule has 0 aliphatic heterocycles. The molecule has 0 aromatic carbocycles. The topological polar surface area (TPSA) is 65.4 Å². The molecule has 0 saturated carbocycles. The van der Waals surface area contributed by atoms with Crippen molar-refractivity contribution >= 4 is 0 Å². The molecule has 0 fully saturated rings. The second kappa shape index (κ2) is 6.58. The van der Waals surface area contributed by atoms with E-state index in [0.717, 1.165) is 18.7 Å². The summed E-state index contributed by atoms with van der Waals surface area (Å²) in [5, 5.41) is 21.4. The van der Waals surface area contributed by atoms with Crippen molar-refractivity contribution in [3.63, 3.8) is 0 Å². The van der Waals surface area contributed by atoms with Crippen LogP contribution in [0.2, 0.25) is 0 Å². The zero-order chi connectivity index (χ0) is 11.9. The number of hydrogen-bond donors (Lipinski definition) is 3. The van der Waals surface area contributed by atoms with E-state index in [9.17, 15) is 0 Å². The molecule has 0 unspecified atom stereocenters. The molecule has 0 amide bonds. The van der Waals surface area contributed by atoms with E-state index in [1.54, 1.807) is 6.20 Å². The number of nitrogens with zero attached hydrogens (tertiary/aromatic N) is 1. The van der Waals surface area contributed by atoms with Crippen molar-refractivity contribution in [3.05, 3.63) is 30.1 Å². The summed E-state index contributed by atoms with van der Waals surface area (Å²) in [6, 6.07) is 5.85. The highest BCUT2D eigenvalue weighted by Gasteiger charge is 2.21. The summed E-state index contributed by atoms with van der Waals surface area (Å²) >= 11 is 0. The van der Waals surface area contributed by atoms with Crippen molar-refractivity contribution in [2.45, 2.75) is 13.3 Å². The molecule has 1 heterocycles. The third-order valence-electron chi connectivity index (χ3n) is 2.60. The van der Waals surface area contributed by atoms with Crippen molar-refractivity contribution < 1.29 is 10.2 Å². The zero-order valence-corrected chi connectivity index (χ0v) is 9.69. The predicted molar refractivity (Wildman–Crippen MR) is 63.1 cm³/mol. The van der Waals surface area contributed by atoms with Gasteiger partial charge in [0.05, 0.1) is 13.2 Å². The van der Waals surface area contributed by atoms with Gasteiger partial charge in [-0.2, -0.15) is 0 Å². The van der Waals surface area contributed by atoms with E-state index in [1.807, 2.05) is 25.1 Å². The average Bonchev–Trinajstić information content (AvgIpc) is 2.36. The van der Waals surface area contributed by atoms with Gasteiger partial charge >= 0.3 is 0 Å². The molecule has 4 nitrogen and oxygen atoms in total. The van der Waals surface area contributed by atoms with E-state index in [0.29, 0.717) is 6.54 Å². The molecule has 90 valence electrons. The Morgan fingerprint density at radius 2 is 2.06 bits per heavy atom. The van der Waals surface area contributed by atoms with Gasteiger partial charge in [-0.3, -0.25) is 4.98 Å². The summed E-state index contributed by atoms with van der Waals surface area (Å²) in [6.45, 7) is 3.22. The minimum Gasteiger partial charge on any atom is -0.396 e. The zero-order valence-electron chi connectivity index (χ0n) is 9.69. The Labute approximate surface area is 96.3 Å². The molecule has 16 heavy (non-hydrogen) atoms. The van der Waals surface area contributed by atoms with Gasteiger partial charge in [-0.15, -0.1) is 0 Å². The Hall–Kier alpha value is -0.970. The molecular formula is C12H20N2O2. The molecule has 0 radical (unpaired) electrons. The molecule has 1 aromatic rings. The Morgan fingerprint density at radius 1 is 1.31 bits per heavy atom. The molecule has 0 spiro atoms. The lowest BCUT2D eigenvalue weighted by Gasteiger charge is -2.24. The third kappa shape index (κ3) is 4.26. The van der Waals surface area contributed by atoms with Gasteiger partial charge in [0.25, 0.3) is 0 Å². The van der Waals surface area contributed by atoms with Gasteiger partial charge in [-0.05, 0) is 12.1 Å². The Bertz CT molecular complexity index is 286. The first-order chi connectivity index (χ1) is 7.70. The molecular weight excluding hydrogens is 204 g/mol. The minimum absolute atomic E-state index is 0.0138. The number of hydrogen-bond acceptors (Lipinski definition) is 4. The van der Waals surface area contributed by atoms with Gasteiger partial charge in [0, 0.05) is 36.8 Å². The van der Waals surface area contributed by atoms with Crippen molar-refractivity contribution in [3.8, 4) is 0 Å². The molecule has 4 heteroatoms. The highest BCUT2D eigenvalue weighted by Crippen LogP contribution is 2.11. The SMILES string of the molecule is CC(CO)(CO)CNCCc1ccccn1. The van der Waals surface area contributed by atoms with Crippen LogP contribution in [0.15, 0.2) is 24.4 Å². The fourth-order valence-corrected chi connectivity index (χ4v) is 1.31. The summed E-state index contributed by atoms with van der Waals surface area (Å²) in [7, 11) is 0. The highest BCUT2D eigenvalue weighted by molar-refractivity contribution is 5.03. The number of aliphatic hydroxyl groups is 2. The molecule has 0 aliphatic rings. The molecule has 3 N–H and O–H groups in total. The van der Waals surface area contributed by atoms with Gasteiger partial charge < -0.3 is 15.5 Å². The normalized spacial score (nSPS) is 11.7. The first-order valence-electron chi connectivity index (χ1n) is 5.52. The lowest BCUT2D eigenvalue weighted by molar-refractivity contribution is 0.0700. The maximum absolute atomic E-state index is 9.09. The van der Waals surface area contributed by atoms with Crippen LogP contribution in [0.5, 0.6) is 0 Å². The lowest BCUT2D eigenvalue weighted by Crippen LogP contribution is -2.38. The van der Waals surface area contributed by atoms with Crippen molar-refractivity contribution in [1.82, 2.24) is 10.3 Å². The Morgan fingerprint density at radius 3 is 2.62 bits per heavy atom.